The third-order valence-electron chi connectivity index (χ3n) is 4.62. The van der Waals surface area contributed by atoms with Gasteiger partial charge in [-0.25, -0.2) is 0 Å². The number of carbonyl (C=O) groups excluding carboxylic acids is 1. The summed E-state index contributed by atoms with van der Waals surface area (Å²) in [6, 6.07) is 12.9. The normalized spacial score (nSPS) is 20.0. The summed E-state index contributed by atoms with van der Waals surface area (Å²) in [5.41, 5.74) is 3.12. The highest BCUT2D eigenvalue weighted by atomic mass is 16.5. The van der Waals surface area contributed by atoms with Crippen molar-refractivity contribution in [3.63, 3.8) is 0 Å². The van der Waals surface area contributed by atoms with Gasteiger partial charge in [0.2, 0.25) is 0 Å². The van der Waals surface area contributed by atoms with Gasteiger partial charge in [0.05, 0.1) is 17.8 Å². The summed E-state index contributed by atoms with van der Waals surface area (Å²) < 4.78 is 5.77. The van der Waals surface area contributed by atoms with E-state index in [9.17, 15) is 9.90 Å². The van der Waals surface area contributed by atoms with Crippen LogP contribution in [0.3, 0.4) is 0 Å². The Morgan fingerprint density at radius 2 is 1.81 bits per heavy atom. The summed E-state index contributed by atoms with van der Waals surface area (Å²) in [7, 11) is 0. The fourth-order valence-electron chi connectivity index (χ4n) is 3.33. The predicted molar refractivity (Wildman–Crippen MR) is 104 cm³/mol. The zero-order valence-corrected chi connectivity index (χ0v) is 15.5. The summed E-state index contributed by atoms with van der Waals surface area (Å²) in [6.45, 7) is 7.88. The Balaban J connectivity index is 1.70. The van der Waals surface area contributed by atoms with E-state index in [1.165, 1.54) is 0 Å². The number of amides is 1. The van der Waals surface area contributed by atoms with Crippen LogP contribution in [0.15, 0.2) is 42.5 Å². The van der Waals surface area contributed by atoms with Crippen LogP contribution in [0.25, 0.3) is 0 Å². The maximum absolute atomic E-state index is 12.5. The lowest BCUT2D eigenvalue weighted by atomic mass is 10.1. The molecule has 0 bridgehead atoms. The Morgan fingerprint density at radius 1 is 1.15 bits per heavy atom. The number of benzene rings is 2. The molecule has 1 amide bonds. The highest BCUT2D eigenvalue weighted by Crippen LogP contribution is 2.24. The first-order valence-electron chi connectivity index (χ1n) is 9.10. The molecule has 0 saturated carbocycles. The number of phenols is 1. The summed E-state index contributed by atoms with van der Waals surface area (Å²) in [6.07, 6.45) is 1.21. The van der Waals surface area contributed by atoms with Gasteiger partial charge in [0.25, 0.3) is 5.91 Å². The number of morpholine rings is 1. The summed E-state index contributed by atoms with van der Waals surface area (Å²) in [5, 5.41) is 12.8. The van der Waals surface area contributed by atoms with Gasteiger partial charge >= 0.3 is 0 Å². The lowest BCUT2D eigenvalue weighted by Gasteiger charge is -2.36. The number of carbonyl (C=O) groups is 1. The molecular formula is C21H26N2O3. The number of nitrogens with one attached hydrogen (secondary N) is 1. The number of aromatic hydroxyl groups is 1. The van der Waals surface area contributed by atoms with Crippen LogP contribution in [0.2, 0.25) is 0 Å². The smallest absolute Gasteiger partial charge is 0.259 e. The Morgan fingerprint density at radius 3 is 2.42 bits per heavy atom. The molecule has 0 spiro atoms. The van der Waals surface area contributed by atoms with E-state index in [2.05, 4.69) is 24.1 Å². The quantitative estimate of drug-likeness (QED) is 0.876. The average molecular weight is 354 g/mol. The molecule has 1 aliphatic heterocycles. The molecule has 0 radical (unpaired) electrons. The van der Waals surface area contributed by atoms with Crippen molar-refractivity contribution in [1.29, 1.82) is 0 Å². The Labute approximate surface area is 154 Å². The van der Waals surface area contributed by atoms with Crippen LogP contribution in [-0.4, -0.2) is 36.3 Å². The standard InChI is InChI=1S/C21H26N2O3/c1-4-16-5-10-20(24)19(11-16)21(25)22-17-6-8-18(9-7-17)23-12-14(2)26-15(3)13-23/h5-11,14-15,24H,4,12-13H2,1-3H3,(H,22,25). The van der Waals surface area contributed by atoms with Crippen LogP contribution < -0.4 is 10.2 Å². The van der Waals surface area contributed by atoms with Crippen molar-refractivity contribution in [1.82, 2.24) is 0 Å². The van der Waals surface area contributed by atoms with Gasteiger partial charge in [-0.2, -0.15) is 0 Å². The van der Waals surface area contributed by atoms with Crippen LogP contribution in [0, 0.1) is 0 Å². The molecule has 1 saturated heterocycles. The fraction of sp³-hybridized carbons (Fsp3) is 0.381. The zero-order chi connectivity index (χ0) is 18.7. The molecule has 1 fully saturated rings. The first-order valence-corrected chi connectivity index (χ1v) is 9.10. The van der Waals surface area contributed by atoms with E-state index in [1.807, 2.05) is 37.3 Å². The number of hydrogen-bond acceptors (Lipinski definition) is 4. The largest absolute Gasteiger partial charge is 0.507 e. The second-order valence-corrected chi connectivity index (χ2v) is 6.87. The summed E-state index contributed by atoms with van der Waals surface area (Å²) in [4.78, 5) is 14.8. The second-order valence-electron chi connectivity index (χ2n) is 6.87. The van der Waals surface area contributed by atoms with E-state index in [-0.39, 0.29) is 23.9 Å². The summed E-state index contributed by atoms with van der Waals surface area (Å²) >= 11 is 0. The Bertz CT molecular complexity index is 763. The molecular weight excluding hydrogens is 328 g/mol. The first kappa shape index (κ1) is 18.3. The molecule has 138 valence electrons. The van der Waals surface area contributed by atoms with Gasteiger partial charge in [-0.3, -0.25) is 4.79 Å². The molecule has 3 rings (SSSR count). The number of rotatable bonds is 4. The van der Waals surface area contributed by atoms with Gasteiger partial charge in [-0.05, 0) is 62.2 Å². The highest BCUT2D eigenvalue weighted by Gasteiger charge is 2.22. The molecule has 2 aromatic rings. The minimum absolute atomic E-state index is 0.00684. The lowest BCUT2D eigenvalue weighted by molar-refractivity contribution is -0.00521. The number of nitrogens with zero attached hydrogens (tertiary/aromatic N) is 1. The second kappa shape index (κ2) is 7.79. The fourth-order valence-corrected chi connectivity index (χ4v) is 3.33. The van der Waals surface area contributed by atoms with Crippen LogP contribution in [0.5, 0.6) is 5.75 Å². The van der Waals surface area contributed by atoms with Gasteiger partial charge in [0.15, 0.2) is 0 Å². The average Bonchev–Trinajstić information content (AvgIpc) is 2.62. The number of aryl methyl sites for hydroxylation is 1. The molecule has 2 atom stereocenters. The number of anilines is 2. The van der Waals surface area contributed by atoms with Gasteiger partial charge in [-0.15, -0.1) is 0 Å². The van der Waals surface area contributed by atoms with Crippen LogP contribution >= 0.6 is 0 Å². The van der Waals surface area contributed by atoms with Crippen molar-refractivity contribution < 1.29 is 14.6 Å². The minimum Gasteiger partial charge on any atom is -0.507 e. The first-order chi connectivity index (χ1) is 12.5. The third-order valence-corrected chi connectivity index (χ3v) is 4.62. The van der Waals surface area contributed by atoms with Gasteiger partial charge in [-0.1, -0.05) is 13.0 Å². The lowest BCUT2D eigenvalue weighted by Crippen LogP contribution is -2.45. The van der Waals surface area contributed by atoms with E-state index in [0.29, 0.717) is 11.3 Å². The van der Waals surface area contributed by atoms with E-state index in [0.717, 1.165) is 30.8 Å². The van der Waals surface area contributed by atoms with Crippen LogP contribution in [-0.2, 0) is 11.2 Å². The van der Waals surface area contributed by atoms with E-state index in [1.54, 1.807) is 12.1 Å². The maximum Gasteiger partial charge on any atom is 0.259 e. The number of phenolic OH excluding ortho intramolecular Hbond substituents is 1. The van der Waals surface area contributed by atoms with Gasteiger partial charge < -0.3 is 20.1 Å². The van der Waals surface area contributed by atoms with Crippen molar-refractivity contribution in [3.05, 3.63) is 53.6 Å². The van der Waals surface area contributed by atoms with E-state index < -0.39 is 0 Å². The van der Waals surface area contributed by atoms with Gasteiger partial charge in [0.1, 0.15) is 5.75 Å². The molecule has 5 nitrogen and oxygen atoms in total. The van der Waals surface area contributed by atoms with Gasteiger partial charge in [0, 0.05) is 24.5 Å². The van der Waals surface area contributed by atoms with E-state index >= 15 is 0 Å². The number of ether oxygens (including phenoxy) is 1. The van der Waals surface area contributed by atoms with Crippen molar-refractivity contribution in [2.45, 2.75) is 39.4 Å². The van der Waals surface area contributed by atoms with Crippen molar-refractivity contribution >= 4 is 17.3 Å². The SMILES string of the molecule is CCc1ccc(O)c(C(=O)Nc2ccc(N3CC(C)OC(C)C3)cc2)c1. The molecule has 0 aliphatic carbocycles. The Hall–Kier alpha value is -2.53. The van der Waals surface area contributed by atoms with Crippen molar-refractivity contribution in [3.8, 4) is 5.75 Å². The molecule has 1 heterocycles. The maximum atomic E-state index is 12.5. The minimum atomic E-state index is -0.306. The predicted octanol–water partition coefficient (Wildman–Crippen LogP) is 3.82. The topological polar surface area (TPSA) is 61.8 Å². The van der Waals surface area contributed by atoms with Crippen molar-refractivity contribution in [2.24, 2.45) is 0 Å². The molecule has 2 N–H and O–H groups in total. The zero-order valence-electron chi connectivity index (χ0n) is 15.5. The highest BCUT2D eigenvalue weighted by molar-refractivity contribution is 6.06. The van der Waals surface area contributed by atoms with Crippen LogP contribution in [0.4, 0.5) is 11.4 Å². The van der Waals surface area contributed by atoms with E-state index in [4.69, 9.17) is 4.74 Å². The molecule has 2 unspecified atom stereocenters. The molecule has 5 heteroatoms. The van der Waals surface area contributed by atoms with Crippen LogP contribution in [0.1, 0.15) is 36.7 Å². The molecule has 2 aromatic carbocycles. The Kier molecular flexibility index (Phi) is 5.47. The molecule has 1 aliphatic rings. The van der Waals surface area contributed by atoms with Crippen molar-refractivity contribution in [2.75, 3.05) is 23.3 Å². The molecule has 26 heavy (non-hydrogen) atoms. The third kappa shape index (κ3) is 4.17. The molecule has 0 aromatic heterocycles. The summed E-state index contributed by atoms with van der Waals surface area (Å²) in [5.74, 6) is -0.313. The number of hydrogen-bond donors (Lipinski definition) is 2. The monoisotopic (exact) mass is 354 g/mol.